The number of ether oxygens (including phenoxy) is 1. The second-order valence-corrected chi connectivity index (χ2v) is 4.91. The fourth-order valence-corrected chi connectivity index (χ4v) is 2.51. The quantitative estimate of drug-likeness (QED) is 0.760. The summed E-state index contributed by atoms with van der Waals surface area (Å²) in [6.07, 6.45) is 0. The number of aryl methyl sites for hydroxylation is 3. The van der Waals surface area contributed by atoms with Crippen molar-refractivity contribution in [2.75, 3.05) is 7.11 Å². The number of hydrogen-bond acceptors (Lipinski definition) is 2. The summed E-state index contributed by atoms with van der Waals surface area (Å²) >= 11 is 6.57. The second kappa shape index (κ2) is 5.07. The van der Waals surface area contributed by atoms with Gasteiger partial charge in [0.25, 0.3) is 0 Å². The molecule has 1 aromatic carbocycles. The third kappa shape index (κ3) is 2.39. The summed E-state index contributed by atoms with van der Waals surface area (Å²) in [7, 11) is 1.66. The number of rotatable bonds is 3. The minimum absolute atomic E-state index is 0.253. The van der Waals surface area contributed by atoms with E-state index in [0.717, 1.165) is 34.0 Å². The minimum atomic E-state index is -0.253. The summed E-state index contributed by atoms with van der Waals surface area (Å²) in [6.45, 7) is 5.90. The molecule has 96 valence electrons. The van der Waals surface area contributed by atoms with Crippen molar-refractivity contribution >= 4 is 11.6 Å². The van der Waals surface area contributed by atoms with E-state index in [1.807, 2.05) is 39.0 Å². The molecule has 2 nitrogen and oxygen atoms in total. The van der Waals surface area contributed by atoms with E-state index < -0.39 is 0 Å². The molecule has 18 heavy (non-hydrogen) atoms. The molecule has 0 amide bonds. The fourth-order valence-electron chi connectivity index (χ4n) is 2.12. The number of alkyl halides is 1. The van der Waals surface area contributed by atoms with Crippen molar-refractivity contribution in [1.29, 1.82) is 0 Å². The van der Waals surface area contributed by atoms with E-state index in [0.29, 0.717) is 0 Å². The summed E-state index contributed by atoms with van der Waals surface area (Å²) in [5, 5.41) is -0.253. The van der Waals surface area contributed by atoms with Gasteiger partial charge in [-0.15, -0.1) is 11.6 Å². The van der Waals surface area contributed by atoms with Crippen LogP contribution in [0.4, 0.5) is 0 Å². The van der Waals surface area contributed by atoms with Crippen LogP contribution in [-0.4, -0.2) is 7.11 Å². The molecule has 1 heterocycles. The first kappa shape index (κ1) is 13.0. The first-order chi connectivity index (χ1) is 8.52. The number of halogens is 1. The summed E-state index contributed by atoms with van der Waals surface area (Å²) in [5.41, 5.74) is 3.13. The standard InChI is InChI=1S/C15H17ClO2/c1-9-5-6-14(17-4)13(7-9)15(16)12-8-10(2)18-11(12)3/h5-8,15H,1-4H3. The Kier molecular flexibility index (Phi) is 3.67. The Labute approximate surface area is 113 Å². The molecule has 0 aliphatic carbocycles. The third-order valence-corrected chi connectivity index (χ3v) is 3.48. The maximum Gasteiger partial charge on any atom is 0.123 e. The van der Waals surface area contributed by atoms with Crippen molar-refractivity contribution < 1.29 is 9.15 Å². The molecule has 0 aliphatic heterocycles. The maximum absolute atomic E-state index is 6.57. The van der Waals surface area contributed by atoms with Crippen LogP contribution in [0.1, 0.15) is 33.6 Å². The minimum Gasteiger partial charge on any atom is -0.496 e. The first-order valence-electron chi connectivity index (χ1n) is 5.88. The van der Waals surface area contributed by atoms with Crippen molar-refractivity contribution in [2.24, 2.45) is 0 Å². The molecule has 0 aliphatic rings. The topological polar surface area (TPSA) is 22.4 Å². The predicted molar refractivity (Wildman–Crippen MR) is 73.6 cm³/mol. The van der Waals surface area contributed by atoms with Gasteiger partial charge in [-0.2, -0.15) is 0 Å². The van der Waals surface area contributed by atoms with Gasteiger partial charge >= 0.3 is 0 Å². The molecule has 0 saturated heterocycles. The Hall–Kier alpha value is -1.41. The average molecular weight is 265 g/mol. The van der Waals surface area contributed by atoms with Gasteiger partial charge in [0.05, 0.1) is 12.5 Å². The Balaban J connectivity index is 2.48. The molecule has 1 aromatic heterocycles. The largest absolute Gasteiger partial charge is 0.496 e. The van der Waals surface area contributed by atoms with Gasteiger partial charge in [0, 0.05) is 11.1 Å². The Bertz CT molecular complexity index is 558. The lowest BCUT2D eigenvalue weighted by molar-refractivity contribution is 0.410. The van der Waals surface area contributed by atoms with Crippen LogP contribution < -0.4 is 4.74 Å². The summed E-state index contributed by atoms with van der Waals surface area (Å²) in [6, 6.07) is 7.99. The zero-order valence-electron chi connectivity index (χ0n) is 11.1. The highest BCUT2D eigenvalue weighted by Gasteiger charge is 2.20. The first-order valence-corrected chi connectivity index (χ1v) is 6.32. The highest BCUT2D eigenvalue weighted by atomic mass is 35.5. The lowest BCUT2D eigenvalue weighted by Gasteiger charge is -2.14. The highest BCUT2D eigenvalue weighted by Crippen LogP contribution is 2.37. The molecule has 0 spiro atoms. The molecule has 0 fully saturated rings. The molecular weight excluding hydrogens is 248 g/mol. The number of furan rings is 1. The Morgan fingerprint density at radius 1 is 1.11 bits per heavy atom. The Morgan fingerprint density at radius 2 is 1.83 bits per heavy atom. The SMILES string of the molecule is COc1ccc(C)cc1C(Cl)c1cc(C)oc1C. The third-order valence-electron chi connectivity index (χ3n) is 3.01. The van der Waals surface area contributed by atoms with Crippen molar-refractivity contribution in [3.8, 4) is 5.75 Å². The molecule has 1 atom stereocenters. The average Bonchev–Trinajstić information content (AvgIpc) is 2.67. The van der Waals surface area contributed by atoms with Gasteiger partial charge in [-0.25, -0.2) is 0 Å². The van der Waals surface area contributed by atoms with E-state index in [1.54, 1.807) is 7.11 Å². The number of benzene rings is 1. The van der Waals surface area contributed by atoms with Gasteiger partial charge < -0.3 is 9.15 Å². The fraction of sp³-hybridized carbons (Fsp3) is 0.333. The summed E-state index contributed by atoms with van der Waals surface area (Å²) < 4.78 is 10.9. The zero-order chi connectivity index (χ0) is 13.3. The van der Waals surface area contributed by atoms with Gasteiger partial charge in [-0.3, -0.25) is 0 Å². The van der Waals surface area contributed by atoms with Crippen LogP contribution in [0.2, 0.25) is 0 Å². The summed E-state index contributed by atoms with van der Waals surface area (Å²) in [4.78, 5) is 0. The van der Waals surface area contributed by atoms with Crippen LogP contribution in [0.25, 0.3) is 0 Å². The van der Waals surface area contributed by atoms with Crippen molar-refractivity contribution in [2.45, 2.75) is 26.1 Å². The predicted octanol–water partition coefficient (Wildman–Crippen LogP) is 4.54. The van der Waals surface area contributed by atoms with Crippen molar-refractivity contribution in [3.05, 3.63) is 52.5 Å². The molecule has 3 heteroatoms. The number of methoxy groups -OCH3 is 1. The molecule has 0 N–H and O–H groups in total. The summed E-state index contributed by atoms with van der Waals surface area (Å²) in [5.74, 6) is 2.54. The van der Waals surface area contributed by atoms with Gasteiger partial charge in [0.2, 0.25) is 0 Å². The van der Waals surface area contributed by atoms with E-state index in [2.05, 4.69) is 6.07 Å². The zero-order valence-corrected chi connectivity index (χ0v) is 11.8. The van der Waals surface area contributed by atoms with Crippen molar-refractivity contribution in [3.63, 3.8) is 0 Å². The van der Waals surface area contributed by atoms with E-state index in [4.69, 9.17) is 20.8 Å². The molecule has 2 aromatic rings. The molecule has 0 saturated carbocycles. The highest BCUT2D eigenvalue weighted by molar-refractivity contribution is 6.23. The molecular formula is C15H17ClO2. The van der Waals surface area contributed by atoms with Gasteiger partial charge in [0.15, 0.2) is 0 Å². The molecule has 1 unspecified atom stereocenters. The van der Waals surface area contributed by atoms with E-state index in [-0.39, 0.29) is 5.38 Å². The molecule has 0 radical (unpaired) electrons. The van der Waals surface area contributed by atoms with Crippen molar-refractivity contribution in [1.82, 2.24) is 0 Å². The van der Waals surface area contributed by atoms with Crippen LogP contribution in [0, 0.1) is 20.8 Å². The lowest BCUT2D eigenvalue weighted by Crippen LogP contribution is -1.98. The van der Waals surface area contributed by atoms with Crippen LogP contribution in [0.3, 0.4) is 0 Å². The molecule has 0 bridgehead atoms. The van der Waals surface area contributed by atoms with E-state index in [9.17, 15) is 0 Å². The van der Waals surface area contributed by atoms with E-state index >= 15 is 0 Å². The van der Waals surface area contributed by atoms with Crippen LogP contribution in [-0.2, 0) is 0 Å². The van der Waals surface area contributed by atoms with Gasteiger partial charge in [-0.1, -0.05) is 17.7 Å². The maximum atomic E-state index is 6.57. The molecule has 2 rings (SSSR count). The van der Waals surface area contributed by atoms with E-state index in [1.165, 1.54) is 0 Å². The number of hydrogen-bond donors (Lipinski definition) is 0. The lowest BCUT2D eigenvalue weighted by atomic mass is 10.0. The normalized spacial score (nSPS) is 12.5. The smallest absolute Gasteiger partial charge is 0.123 e. The second-order valence-electron chi connectivity index (χ2n) is 4.48. The van der Waals surface area contributed by atoms with Crippen LogP contribution in [0.5, 0.6) is 5.75 Å². The van der Waals surface area contributed by atoms with Crippen LogP contribution in [0.15, 0.2) is 28.7 Å². The van der Waals surface area contributed by atoms with Gasteiger partial charge in [-0.05, 0) is 32.9 Å². The van der Waals surface area contributed by atoms with Gasteiger partial charge in [0.1, 0.15) is 17.3 Å². The van der Waals surface area contributed by atoms with Crippen LogP contribution >= 0.6 is 11.6 Å². The Morgan fingerprint density at radius 3 is 2.39 bits per heavy atom. The monoisotopic (exact) mass is 264 g/mol.